The van der Waals surface area contributed by atoms with Crippen LogP contribution < -0.4 is 5.32 Å². The Kier molecular flexibility index (Phi) is 5.11. The number of ketones is 2. The van der Waals surface area contributed by atoms with Crippen molar-refractivity contribution in [2.45, 2.75) is 17.5 Å². The maximum atomic E-state index is 14.4. The van der Waals surface area contributed by atoms with Gasteiger partial charge in [0, 0.05) is 29.6 Å². The van der Waals surface area contributed by atoms with E-state index in [1.165, 1.54) is 36.6 Å². The molecule has 3 aromatic carbocycles. The predicted octanol–water partition coefficient (Wildman–Crippen LogP) is 5.17. The van der Waals surface area contributed by atoms with Gasteiger partial charge in [-0.3, -0.25) is 24.5 Å². The predicted molar refractivity (Wildman–Crippen MR) is 145 cm³/mol. The van der Waals surface area contributed by atoms with Gasteiger partial charge in [-0.25, -0.2) is 0 Å². The number of non-ortho nitro benzene ring substituents is 1. The highest BCUT2D eigenvalue weighted by Gasteiger charge is 2.71. The highest BCUT2D eigenvalue weighted by Crippen LogP contribution is 2.62. The number of fused-ring (bicyclic) bond motifs is 6. The quantitative estimate of drug-likeness (QED) is 0.214. The third-order valence-corrected chi connectivity index (χ3v) is 8.23. The van der Waals surface area contributed by atoms with Gasteiger partial charge in [0.2, 0.25) is 11.7 Å². The van der Waals surface area contributed by atoms with Crippen molar-refractivity contribution in [2.75, 3.05) is 5.32 Å². The van der Waals surface area contributed by atoms with Crippen LogP contribution in [-0.4, -0.2) is 33.3 Å². The van der Waals surface area contributed by atoms with E-state index in [4.69, 9.17) is 4.42 Å². The van der Waals surface area contributed by atoms with Crippen molar-refractivity contribution in [1.82, 2.24) is 4.90 Å². The van der Waals surface area contributed by atoms with Crippen molar-refractivity contribution < 1.29 is 23.7 Å². The van der Waals surface area contributed by atoms with Gasteiger partial charge in [-0.2, -0.15) is 0 Å². The van der Waals surface area contributed by atoms with Crippen LogP contribution >= 0.6 is 0 Å². The van der Waals surface area contributed by atoms with E-state index in [1.54, 1.807) is 35.4 Å². The number of furan rings is 1. The zero-order chi connectivity index (χ0) is 27.6. The third-order valence-electron chi connectivity index (χ3n) is 8.23. The lowest BCUT2D eigenvalue weighted by atomic mass is 9.63. The maximum absolute atomic E-state index is 14.4. The van der Waals surface area contributed by atoms with Crippen LogP contribution in [0.2, 0.25) is 0 Å². The van der Waals surface area contributed by atoms with Crippen LogP contribution in [0.4, 0.5) is 11.4 Å². The minimum Gasteiger partial charge on any atom is -0.461 e. The number of nitrogens with zero attached hydrogens (tertiary/aromatic N) is 2. The molecule has 40 heavy (non-hydrogen) atoms. The Morgan fingerprint density at radius 3 is 2.55 bits per heavy atom. The third kappa shape index (κ3) is 3.11. The van der Waals surface area contributed by atoms with E-state index >= 15 is 0 Å². The Morgan fingerprint density at radius 1 is 0.950 bits per heavy atom. The fourth-order valence-corrected chi connectivity index (χ4v) is 6.68. The van der Waals surface area contributed by atoms with Crippen molar-refractivity contribution >= 4 is 34.9 Å². The highest BCUT2D eigenvalue weighted by atomic mass is 16.6. The Balaban J connectivity index is 1.53. The minimum atomic E-state index is -1.50. The van der Waals surface area contributed by atoms with Gasteiger partial charge in [0.1, 0.15) is 11.5 Å². The van der Waals surface area contributed by atoms with Crippen molar-refractivity contribution in [1.29, 1.82) is 0 Å². The van der Waals surface area contributed by atoms with Crippen LogP contribution in [0.5, 0.6) is 0 Å². The first-order valence-electron chi connectivity index (χ1n) is 12.7. The molecule has 3 aliphatic heterocycles. The molecule has 1 saturated heterocycles. The Bertz CT molecular complexity index is 1760. The number of Topliss-reactive ketones (excluding diaryl/α,β-unsaturated/α-hetero) is 2. The molecule has 4 aromatic rings. The lowest BCUT2D eigenvalue weighted by molar-refractivity contribution is -0.384. The first-order chi connectivity index (χ1) is 19.4. The number of nitrogens with one attached hydrogen (secondary N) is 1. The lowest BCUT2D eigenvalue weighted by Crippen LogP contribution is -2.49. The van der Waals surface area contributed by atoms with Crippen molar-refractivity contribution in [3.8, 4) is 0 Å². The number of nitro groups is 1. The van der Waals surface area contributed by atoms with Crippen molar-refractivity contribution in [3.63, 3.8) is 0 Å². The Labute approximate surface area is 227 Å². The minimum absolute atomic E-state index is 0.0236. The van der Waals surface area contributed by atoms with E-state index in [0.29, 0.717) is 11.3 Å². The Hall–Kier alpha value is -5.31. The molecule has 1 fully saturated rings. The van der Waals surface area contributed by atoms with Crippen molar-refractivity contribution in [3.05, 3.63) is 136 Å². The van der Waals surface area contributed by atoms with Crippen molar-refractivity contribution in [2.24, 2.45) is 5.92 Å². The number of hydrogen-bond acceptors (Lipinski definition) is 7. The van der Waals surface area contributed by atoms with Gasteiger partial charge >= 0.3 is 0 Å². The average Bonchev–Trinajstić information content (AvgIpc) is 3.69. The van der Waals surface area contributed by atoms with E-state index in [2.05, 4.69) is 5.32 Å². The summed E-state index contributed by atoms with van der Waals surface area (Å²) in [5.74, 6) is -2.59. The molecule has 1 aromatic heterocycles. The van der Waals surface area contributed by atoms with Crippen LogP contribution in [0.1, 0.15) is 43.6 Å². The molecule has 0 radical (unpaired) electrons. The second-order valence-corrected chi connectivity index (χ2v) is 10.1. The summed E-state index contributed by atoms with van der Waals surface area (Å²) >= 11 is 0. The molecule has 0 saturated carbocycles. The van der Waals surface area contributed by atoms with Gasteiger partial charge in [-0.15, -0.1) is 0 Å². The summed E-state index contributed by atoms with van der Waals surface area (Å²) in [6, 6.07) is 21.5. The number of hydrogen-bond donors (Lipinski definition) is 1. The topological polar surface area (TPSA) is 123 Å². The largest absolute Gasteiger partial charge is 0.461 e. The van der Waals surface area contributed by atoms with E-state index in [1.807, 2.05) is 36.4 Å². The molecule has 1 spiro atoms. The standard InChI is InChI=1S/C31H21N3O6/c35-27(19-8-5-9-20(17-19)34(38)39)26-25(28(36)24-13-6-16-40-24)31(22-11-3-4-12-23(22)32-30(31)37)29-21-10-2-1-7-18(21)14-15-33(26)29/h1-17,25-26,29H,(H,32,37)/t25-,26+,29+,31-/m1/s1. The normalized spacial score (nSPS) is 23.9. The van der Waals surface area contributed by atoms with Gasteiger partial charge in [0.05, 0.1) is 23.1 Å². The van der Waals surface area contributed by atoms with E-state index in [-0.39, 0.29) is 17.0 Å². The number of benzene rings is 3. The second-order valence-electron chi connectivity index (χ2n) is 10.1. The summed E-state index contributed by atoms with van der Waals surface area (Å²) in [5.41, 5.74) is 1.18. The summed E-state index contributed by atoms with van der Waals surface area (Å²) in [5, 5.41) is 14.5. The molecule has 0 bridgehead atoms. The molecular formula is C31H21N3O6. The summed E-state index contributed by atoms with van der Waals surface area (Å²) in [4.78, 5) is 55.9. The van der Waals surface area contributed by atoms with Gasteiger partial charge < -0.3 is 14.6 Å². The molecule has 1 amide bonds. The molecule has 0 aliphatic carbocycles. The van der Waals surface area contributed by atoms with Crippen LogP contribution in [0, 0.1) is 16.0 Å². The van der Waals surface area contributed by atoms with Gasteiger partial charge in [0.15, 0.2) is 11.5 Å². The second kappa shape index (κ2) is 8.60. The molecule has 9 heteroatoms. The Morgan fingerprint density at radius 2 is 1.75 bits per heavy atom. The van der Waals surface area contributed by atoms with E-state index in [0.717, 1.165) is 11.1 Å². The molecule has 196 valence electrons. The average molecular weight is 532 g/mol. The fraction of sp³-hybridized carbons (Fsp3) is 0.129. The summed E-state index contributed by atoms with van der Waals surface area (Å²) in [6.07, 6.45) is 4.97. The summed E-state index contributed by atoms with van der Waals surface area (Å²) in [7, 11) is 0. The molecule has 4 heterocycles. The number of nitro benzene ring substituents is 1. The SMILES string of the molecule is O=C(c1cccc([N+](=O)[O-])c1)[C@@H]1[C@H](C(=O)c2ccco2)[C@@]2(C(=O)Nc3ccccc32)[C@@H]2c3ccccc3C=CN12. The number of para-hydroxylation sites is 1. The number of anilines is 1. The first-order valence-corrected chi connectivity index (χ1v) is 12.7. The zero-order valence-electron chi connectivity index (χ0n) is 20.9. The molecule has 7 rings (SSSR count). The summed E-state index contributed by atoms with van der Waals surface area (Å²) in [6.45, 7) is 0. The van der Waals surface area contributed by atoms with Crippen LogP contribution in [0.15, 0.2) is 102 Å². The van der Waals surface area contributed by atoms with E-state index < -0.39 is 45.8 Å². The maximum Gasteiger partial charge on any atom is 0.270 e. The molecular weight excluding hydrogens is 510 g/mol. The van der Waals surface area contributed by atoms with Crippen LogP contribution in [-0.2, 0) is 10.2 Å². The van der Waals surface area contributed by atoms with Crippen LogP contribution in [0.25, 0.3) is 6.08 Å². The van der Waals surface area contributed by atoms with Gasteiger partial charge in [-0.05, 0) is 41.0 Å². The molecule has 4 atom stereocenters. The molecule has 3 aliphatic rings. The van der Waals surface area contributed by atoms with Gasteiger partial charge in [0.25, 0.3) is 5.69 Å². The van der Waals surface area contributed by atoms with Gasteiger partial charge in [-0.1, -0.05) is 54.6 Å². The monoisotopic (exact) mass is 531 g/mol. The summed E-state index contributed by atoms with van der Waals surface area (Å²) < 4.78 is 5.52. The number of rotatable bonds is 5. The lowest BCUT2D eigenvalue weighted by Gasteiger charge is -2.38. The van der Waals surface area contributed by atoms with E-state index in [9.17, 15) is 24.5 Å². The molecule has 9 nitrogen and oxygen atoms in total. The van der Waals surface area contributed by atoms with Crippen LogP contribution in [0.3, 0.4) is 0 Å². The number of carbonyl (C=O) groups excluding carboxylic acids is 3. The number of carbonyl (C=O) groups is 3. The zero-order valence-corrected chi connectivity index (χ0v) is 20.9. The smallest absolute Gasteiger partial charge is 0.270 e. The number of amides is 1. The highest BCUT2D eigenvalue weighted by molar-refractivity contribution is 6.16. The molecule has 0 unspecified atom stereocenters. The first kappa shape index (κ1) is 23.8. The fourth-order valence-electron chi connectivity index (χ4n) is 6.68. The molecule has 1 N–H and O–H groups in total.